The number of hydrogen-bond acceptors (Lipinski definition) is 3. The van der Waals surface area contributed by atoms with Crippen molar-refractivity contribution >= 4 is 23.4 Å². The number of fused-ring (bicyclic) bond motifs is 1. The molecule has 3 rings (SSSR count). The minimum Gasteiger partial charge on any atom is -0.356 e. The maximum Gasteiger partial charge on any atom is 0.193 e. The Morgan fingerprint density at radius 2 is 2.33 bits per heavy atom. The third-order valence-electron chi connectivity index (χ3n) is 4.43. The van der Waals surface area contributed by atoms with Crippen LogP contribution in [0, 0.1) is 5.92 Å². The lowest BCUT2D eigenvalue weighted by Crippen LogP contribution is -2.49. The van der Waals surface area contributed by atoms with Gasteiger partial charge in [-0.25, -0.2) is 4.98 Å². The van der Waals surface area contributed by atoms with E-state index < -0.39 is 0 Å². The highest BCUT2D eigenvalue weighted by atomic mass is 32.2. The first-order valence-corrected chi connectivity index (χ1v) is 9.72. The van der Waals surface area contributed by atoms with E-state index in [1.54, 1.807) is 0 Å². The molecule has 2 aromatic rings. The molecule has 1 N–H and O–H groups in total. The summed E-state index contributed by atoms with van der Waals surface area (Å²) >= 11 is 2.09. The number of aliphatic imine (C=N–C) groups is 1. The van der Waals surface area contributed by atoms with Crippen molar-refractivity contribution in [2.24, 2.45) is 10.9 Å². The van der Waals surface area contributed by atoms with Crippen LogP contribution in [0.2, 0.25) is 0 Å². The van der Waals surface area contributed by atoms with Crippen LogP contribution in [0.4, 0.5) is 0 Å². The molecule has 1 aliphatic rings. The van der Waals surface area contributed by atoms with Crippen molar-refractivity contribution in [2.75, 3.05) is 32.4 Å². The zero-order valence-corrected chi connectivity index (χ0v) is 15.6. The van der Waals surface area contributed by atoms with Gasteiger partial charge < -0.3 is 14.6 Å². The van der Waals surface area contributed by atoms with E-state index >= 15 is 0 Å². The van der Waals surface area contributed by atoms with Crippen molar-refractivity contribution in [1.29, 1.82) is 0 Å². The summed E-state index contributed by atoms with van der Waals surface area (Å²) in [4.78, 5) is 11.5. The number of pyridine rings is 1. The first kappa shape index (κ1) is 17.1. The highest BCUT2D eigenvalue weighted by Gasteiger charge is 2.24. The Labute approximate surface area is 148 Å². The Morgan fingerprint density at radius 3 is 3.08 bits per heavy atom. The number of nitrogens with one attached hydrogen (secondary N) is 1. The van der Waals surface area contributed by atoms with Gasteiger partial charge >= 0.3 is 0 Å². The third-order valence-corrected chi connectivity index (χ3v) is 5.97. The largest absolute Gasteiger partial charge is 0.356 e. The van der Waals surface area contributed by atoms with Crippen LogP contribution < -0.4 is 5.32 Å². The van der Waals surface area contributed by atoms with E-state index in [0.717, 1.165) is 43.4 Å². The molecule has 130 valence electrons. The highest BCUT2D eigenvalue weighted by Crippen LogP contribution is 2.24. The molecule has 0 radical (unpaired) electrons. The van der Waals surface area contributed by atoms with Crippen molar-refractivity contribution in [1.82, 2.24) is 19.6 Å². The second-order valence-corrected chi connectivity index (χ2v) is 7.87. The number of thioether (sulfide) groups is 1. The summed E-state index contributed by atoms with van der Waals surface area (Å²) in [6.07, 6.45) is 5.04. The van der Waals surface area contributed by atoms with Gasteiger partial charge in [0.05, 0.1) is 5.69 Å². The van der Waals surface area contributed by atoms with Gasteiger partial charge in [-0.3, -0.25) is 4.99 Å². The lowest BCUT2D eigenvalue weighted by molar-refractivity contribution is 0.381. The van der Waals surface area contributed by atoms with Gasteiger partial charge in [0, 0.05) is 56.5 Å². The number of aromatic nitrogens is 2. The van der Waals surface area contributed by atoms with E-state index in [4.69, 9.17) is 0 Å². The predicted octanol–water partition coefficient (Wildman–Crippen LogP) is 2.53. The first-order valence-electron chi connectivity index (χ1n) is 8.67. The number of imidazole rings is 1. The Hall–Kier alpha value is -1.69. The first-order chi connectivity index (χ1) is 11.7. The predicted molar refractivity (Wildman–Crippen MR) is 103 cm³/mol. The molecule has 1 unspecified atom stereocenters. The van der Waals surface area contributed by atoms with Gasteiger partial charge in [0.15, 0.2) is 5.96 Å². The normalized spacial score (nSPS) is 19.2. The molecule has 2 aromatic heterocycles. The van der Waals surface area contributed by atoms with Gasteiger partial charge in [-0.2, -0.15) is 11.8 Å². The fraction of sp³-hybridized carbons (Fsp3) is 0.556. The molecule has 0 amide bonds. The molecule has 1 saturated heterocycles. The molecule has 5 nitrogen and oxygen atoms in total. The van der Waals surface area contributed by atoms with E-state index in [9.17, 15) is 0 Å². The summed E-state index contributed by atoms with van der Waals surface area (Å²) in [7, 11) is 1.87. The Morgan fingerprint density at radius 1 is 1.46 bits per heavy atom. The maximum absolute atomic E-state index is 4.65. The minimum absolute atomic E-state index is 0.690. The number of hydrogen-bond donors (Lipinski definition) is 1. The summed E-state index contributed by atoms with van der Waals surface area (Å²) in [6, 6.07) is 6.08. The third kappa shape index (κ3) is 4.04. The molecule has 0 bridgehead atoms. The number of rotatable bonds is 4. The van der Waals surface area contributed by atoms with Crippen LogP contribution in [0.1, 0.15) is 19.5 Å². The monoisotopic (exact) mass is 345 g/mol. The topological polar surface area (TPSA) is 44.9 Å². The molecule has 0 aromatic carbocycles. The summed E-state index contributed by atoms with van der Waals surface area (Å²) < 4.78 is 2.07. The molecule has 6 heteroatoms. The molecule has 0 saturated carbocycles. The van der Waals surface area contributed by atoms with Crippen molar-refractivity contribution in [3.05, 3.63) is 36.3 Å². The maximum atomic E-state index is 4.65. The van der Waals surface area contributed by atoms with Crippen molar-refractivity contribution < 1.29 is 0 Å². The molecular formula is C18H27N5S. The zero-order chi connectivity index (χ0) is 16.9. The summed E-state index contributed by atoms with van der Waals surface area (Å²) in [5.41, 5.74) is 2.11. The van der Waals surface area contributed by atoms with E-state index in [1.807, 2.05) is 31.4 Å². The summed E-state index contributed by atoms with van der Waals surface area (Å²) in [6.45, 7) is 7.62. The Bertz CT molecular complexity index is 661. The molecular weight excluding hydrogens is 318 g/mol. The number of guanidine groups is 1. The smallest absolute Gasteiger partial charge is 0.193 e. The summed E-state index contributed by atoms with van der Waals surface area (Å²) in [5.74, 6) is 2.90. The van der Waals surface area contributed by atoms with Crippen LogP contribution in [0.15, 0.2) is 35.6 Å². The second kappa shape index (κ2) is 7.92. The molecule has 3 heterocycles. The average Bonchev–Trinajstić information content (AvgIpc) is 3.01. The highest BCUT2D eigenvalue weighted by molar-refractivity contribution is 8.00. The van der Waals surface area contributed by atoms with Gasteiger partial charge in [0.1, 0.15) is 5.65 Å². The van der Waals surface area contributed by atoms with Crippen LogP contribution >= 0.6 is 11.8 Å². The van der Waals surface area contributed by atoms with Gasteiger partial charge in [0.2, 0.25) is 0 Å². The average molecular weight is 346 g/mol. The fourth-order valence-electron chi connectivity index (χ4n) is 3.01. The number of nitrogens with zero attached hydrogens (tertiary/aromatic N) is 4. The minimum atomic E-state index is 0.690. The Balaban J connectivity index is 1.54. The Kier molecular flexibility index (Phi) is 5.66. The van der Waals surface area contributed by atoms with Crippen LogP contribution in [0.25, 0.3) is 5.65 Å². The lowest BCUT2D eigenvalue weighted by Gasteiger charge is -2.36. The molecule has 1 aliphatic heterocycles. The molecule has 24 heavy (non-hydrogen) atoms. The van der Waals surface area contributed by atoms with Gasteiger partial charge in [-0.1, -0.05) is 19.9 Å². The van der Waals surface area contributed by atoms with Crippen molar-refractivity contribution in [3.63, 3.8) is 0 Å². The van der Waals surface area contributed by atoms with E-state index in [2.05, 4.69) is 56.4 Å². The molecule has 0 aliphatic carbocycles. The van der Waals surface area contributed by atoms with Gasteiger partial charge in [-0.05, 0) is 18.1 Å². The molecule has 1 fully saturated rings. The molecule has 1 atom stereocenters. The van der Waals surface area contributed by atoms with Crippen molar-refractivity contribution in [2.45, 2.75) is 25.5 Å². The SMILES string of the molecule is CN=C(NCCc1cn2ccccc2n1)N1CCSC(C(C)C)C1. The van der Waals surface area contributed by atoms with Crippen LogP contribution in [0.5, 0.6) is 0 Å². The van der Waals surface area contributed by atoms with E-state index in [-0.39, 0.29) is 0 Å². The summed E-state index contributed by atoms with van der Waals surface area (Å²) in [5, 5.41) is 4.20. The second-order valence-electron chi connectivity index (χ2n) is 6.52. The lowest BCUT2D eigenvalue weighted by atomic mass is 10.1. The van der Waals surface area contributed by atoms with E-state index in [1.165, 1.54) is 5.75 Å². The van der Waals surface area contributed by atoms with Crippen LogP contribution in [0.3, 0.4) is 0 Å². The zero-order valence-electron chi connectivity index (χ0n) is 14.8. The fourth-order valence-corrected chi connectivity index (χ4v) is 4.31. The molecule has 0 spiro atoms. The standard InChI is InChI=1S/C18H27N5S/c1-14(2)16-13-23(10-11-24-16)18(19-3)20-8-7-15-12-22-9-5-4-6-17(22)21-15/h4-6,9,12,14,16H,7-8,10-11,13H2,1-3H3,(H,19,20). The quantitative estimate of drug-likeness (QED) is 0.683. The van der Waals surface area contributed by atoms with Crippen molar-refractivity contribution in [3.8, 4) is 0 Å². The van der Waals surface area contributed by atoms with E-state index in [0.29, 0.717) is 11.2 Å². The van der Waals surface area contributed by atoms with Crippen LogP contribution in [-0.2, 0) is 6.42 Å². The van der Waals surface area contributed by atoms with Gasteiger partial charge in [0.25, 0.3) is 0 Å². The van der Waals surface area contributed by atoms with Crippen LogP contribution in [-0.4, -0.2) is 57.9 Å². The van der Waals surface area contributed by atoms with Gasteiger partial charge in [-0.15, -0.1) is 0 Å².